The Morgan fingerprint density at radius 3 is 3.09 bits per heavy atom. The first-order valence-corrected chi connectivity index (χ1v) is 6.60. The van der Waals surface area contributed by atoms with E-state index in [1.54, 1.807) is 18.2 Å². The molecule has 1 aliphatic heterocycles. The average molecular weight is 297 g/mol. The molecule has 0 saturated heterocycles. The van der Waals surface area contributed by atoms with Gasteiger partial charge in [0.25, 0.3) is 0 Å². The second-order valence-electron chi connectivity index (χ2n) is 4.78. The van der Waals surface area contributed by atoms with Crippen LogP contribution in [0.2, 0.25) is 0 Å². The lowest BCUT2D eigenvalue weighted by Crippen LogP contribution is -1.97. The zero-order valence-electron chi connectivity index (χ0n) is 11.3. The number of ether oxygens (including phenoxy) is 2. The minimum absolute atomic E-state index is 0.154. The Kier molecular flexibility index (Phi) is 2.65. The molecule has 2 aromatic heterocycles. The van der Waals surface area contributed by atoms with Crippen molar-refractivity contribution < 1.29 is 19.4 Å². The predicted molar refractivity (Wildman–Crippen MR) is 78.7 cm³/mol. The van der Waals surface area contributed by atoms with Crippen LogP contribution in [0.5, 0.6) is 17.4 Å². The second kappa shape index (κ2) is 4.66. The molecule has 0 saturated carbocycles. The molecule has 4 rings (SSSR count). The maximum absolute atomic E-state index is 11.2. The smallest absolute Gasteiger partial charge is 0.337 e. The zero-order valence-corrected chi connectivity index (χ0v) is 11.3. The summed E-state index contributed by atoms with van der Waals surface area (Å²) in [5.74, 6) is 0.712. The largest absolute Gasteiger partial charge is 0.478 e. The van der Waals surface area contributed by atoms with Crippen LogP contribution in [0.15, 0.2) is 36.5 Å². The highest BCUT2D eigenvalue weighted by Crippen LogP contribution is 2.35. The molecule has 0 radical (unpaired) electrons. The van der Waals surface area contributed by atoms with Gasteiger partial charge in [-0.3, -0.25) is 4.98 Å². The van der Waals surface area contributed by atoms with Gasteiger partial charge in [0.1, 0.15) is 11.5 Å². The van der Waals surface area contributed by atoms with Crippen LogP contribution in [-0.2, 0) is 0 Å². The third-order valence-corrected chi connectivity index (χ3v) is 3.40. The standard InChI is InChI=1S/C15H11N3O4/c19-15(20)9-3-4-16-11-6-13(18-14(9)11)22-8-1-2-10-12(5-8)21-7-17-10/h1-6,17-18H,7H2,(H,19,20). The number of nitrogens with zero attached hydrogens (tertiary/aromatic N) is 1. The number of carbonyl (C=O) groups is 1. The van der Waals surface area contributed by atoms with Crippen molar-refractivity contribution in [2.24, 2.45) is 0 Å². The monoisotopic (exact) mass is 297 g/mol. The quantitative estimate of drug-likeness (QED) is 0.688. The van der Waals surface area contributed by atoms with E-state index in [-0.39, 0.29) is 5.56 Å². The number of carboxylic acid groups (broad SMARTS) is 1. The first-order valence-electron chi connectivity index (χ1n) is 6.60. The van der Waals surface area contributed by atoms with Gasteiger partial charge in [0.05, 0.1) is 22.3 Å². The first-order chi connectivity index (χ1) is 10.7. The maximum Gasteiger partial charge on any atom is 0.337 e. The molecule has 0 spiro atoms. The number of pyridine rings is 1. The third kappa shape index (κ3) is 1.99. The summed E-state index contributed by atoms with van der Waals surface area (Å²) in [6, 6.07) is 8.54. The van der Waals surface area contributed by atoms with Crippen molar-refractivity contribution >= 4 is 22.7 Å². The van der Waals surface area contributed by atoms with Crippen molar-refractivity contribution in [3.63, 3.8) is 0 Å². The van der Waals surface area contributed by atoms with Crippen molar-refractivity contribution in [2.45, 2.75) is 0 Å². The number of aromatic amines is 1. The number of carboxylic acids is 1. The number of anilines is 1. The van der Waals surface area contributed by atoms with E-state index in [1.165, 1.54) is 12.3 Å². The van der Waals surface area contributed by atoms with Crippen LogP contribution in [-0.4, -0.2) is 27.8 Å². The van der Waals surface area contributed by atoms with Gasteiger partial charge in [-0.1, -0.05) is 0 Å². The number of benzene rings is 1. The van der Waals surface area contributed by atoms with Gasteiger partial charge < -0.3 is 24.9 Å². The second-order valence-corrected chi connectivity index (χ2v) is 4.78. The molecule has 7 nitrogen and oxygen atoms in total. The number of fused-ring (bicyclic) bond motifs is 2. The van der Waals surface area contributed by atoms with E-state index in [0.29, 0.717) is 29.4 Å². The number of hydrogen-bond donors (Lipinski definition) is 3. The molecule has 0 aliphatic carbocycles. The van der Waals surface area contributed by atoms with Crippen LogP contribution >= 0.6 is 0 Å². The van der Waals surface area contributed by atoms with Crippen LogP contribution in [0.1, 0.15) is 10.4 Å². The number of hydrogen-bond acceptors (Lipinski definition) is 5. The summed E-state index contributed by atoms with van der Waals surface area (Å²) < 4.78 is 11.1. The molecule has 0 fully saturated rings. The predicted octanol–water partition coefficient (Wildman–Crippen LogP) is 2.82. The van der Waals surface area contributed by atoms with Gasteiger partial charge in [-0.05, 0) is 18.2 Å². The van der Waals surface area contributed by atoms with E-state index in [9.17, 15) is 9.90 Å². The Morgan fingerprint density at radius 1 is 1.32 bits per heavy atom. The Balaban J connectivity index is 1.70. The zero-order chi connectivity index (χ0) is 15.1. The topological polar surface area (TPSA) is 96.5 Å². The molecule has 22 heavy (non-hydrogen) atoms. The van der Waals surface area contributed by atoms with Crippen LogP contribution < -0.4 is 14.8 Å². The van der Waals surface area contributed by atoms with E-state index < -0.39 is 5.97 Å². The van der Waals surface area contributed by atoms with E-state index in [0.717, 1.165) is 11.4 Å². The van der Waals surface area contributed by atoms with Gasteiger partial charge in [0.2, 0.25) is 0 Å². The van der Waals surface area contributed by atoms with Crippen molar-refractivity contribution in [2.75, 3.05) is 12.0 Å². The average Bonchev–Trinajstić information content (AvgIpc) is 3.11. The Morgan fingerprint density at radius 2 is 2.23 bits per heavy atom. The number of rotatable bonds is 3. The molecule has 0 amide bonds. The molecule has 7 heteroatoms. The highest BCUT2D eigenvalue weighted by atomic mass is 16.5. The van der Waals surface area contributed by atoms with E-state index in [2.05, 4.69) is 15.3 Å². The number of H-pyrrole nitrogens is 1. The van der Waals surface area contributed by atoms with E-state index in [1.807, 2.05) is 6.07 Å². The van der Waals surface area contributed by atoms with Gasteiger partial charge in [-0.25, -0.2) is 4.79 Å². The van der Waals surface area contributed by atoms with Crippen LogP contribution in [0.25, 0.3) is 11.0 Å². The fraction of sp³-hybridized carbons (Fsp3) is 0.0667. The molecule has 3 N–H and O–H groups in total. The summed E-state index contributed by atoms with van der Waals surface area (Å²) in [4.78, 5) is 18.3. The maximum atomic E-state index is 11.2. The summed E-state index contributed by atoms with van der Waals surface area (Å²) in [6.07, 6.45) is 1.46. The normalized spacial score (nSPS) is 12.5. The first kappa shape index (κ1) is 12.5. The Labute approximate surface area is 124 Å². The van der Waals surface area contributed by atoms with Crippen molar-refractivity contribution in [3.8, 4) is 17.4 Å². The SMILES string of the molecule is O=C(O)c1ccnc2cc(Oc3ccc4c(c3)OCN4)[nH]c12. The molecule has 1 aliphatic rings. The number of aromatic carboxylic acids is 1. The Bertz CT molecular complexity index is 888. The van der Waals surface area contributed by atoms with Gasteiger partial charge >= 0.3 is 5.97 Å². The van der Waals surface area contributed by atoms with Crippen LogP contribution in [0, 0.1) is 0 Å². The highest BCUT2D eigenvalue weighted by Gasteiger charge is 2.15. The fourth-order valence-corrected chi connectivity index (χ4v) is 2.39. The molecule has 3 heterocycles. The highest BCUT2D eigenvalue weighted by molar-refractivity contribution is 6.01. The van der Waals surface area contributed by atoms with E-state index >= 15 is 0 Å². The van der Waals surface area contributed by atoms with Crippen LogP contribution in [0.4, 0.5) is 5.69 Å². The molecular formula is C15H11N3O4. The summed E-state index contributed by atoms with van der Waals surface area (Å²) >= 11 is 0. The molecule has 0 bridgehead atoms. The Hall–Kier alpha value is -3.22. The number of aromatic nitrogens is 2. The van der Waals surface area contributed by atoms with Gasteiger partial charge in [0, 0.05) is 18.3 Å². The van der Waals surface area contributed by atoms with Crippen molar-refractivity contribution in [1.29, 1.82) is 0 Å². The van der Waals surface area contributed by atoms with Gasteiger partial charge in [-0.15, -0.1) is 0 Å². The minimum Gasteiger partial charge on any atom is -0.478 e. The molecule has 3 aromatic rings. The lowest BCUT2D eigenvalue weighted by molar-refractivity contribution is 0.0699. The molecule has 0 atom stereocenters. The lowest BCUT2D eigenvalue weighted by Gasteiger charge is -2.04. The van der Waals surface area contributed by atoms with Crippen molar-refractivity contribution in [1.82, 2.24) is 9.97 Å². The third-order valence-electron chi connectivity index (χ3n) is 3.40. The summed E-state index contributed by atoms with van der Waals surface area (Å²) in [7, 11) is 0. The van der Waals surface area contributed by atoms with Gasteiger partial charge in [0.15, 0.2) is 12.6 Å². The molecular weight excluding hydrogens is 286 g/mol. The summed E-state index contributed by atoms with van der Waals surface area (Å²) in [5.41, 5.74) is 2.04. The van der Waals surface area contributed by atoms with Gasteiger partial charge in [-0.2, -0.15) is 0 Å². The molecule has 0 unspecified atom stereocenters. The number of nitrogens with one attached hydrogen (secondary N) is 2. The summed E-state index contributed by atoms with van der Waals surface area (Å²) in [5, 5.41) is 12.2. The van der Waals surface area contributed by atoms with E-state index in [4.69, 9.17) is 9.47 Å². The fourth-order valence-electron chi connectivity index (χ4n) is 2.39. The molecule has 110 valence electrons. The molecule has 1 aromatic carbocycles. The van der Waals surface area contributed by atoms with Crippen LogP contribution in [0.3, 0.4) is 0 Å². The lowest BCUT2D eigenvalue weighted by atomic mass is 10.2. The van der Waals surface area contributed by atoms with Crippen molar-refractivity contribution in [3.05, 3.63) is 42.1 Å². The summed E-state index contributed by atoms with van der Waals surface area (Å²) in [6.45, 7) is 0.442. The minimum atomic E-state index is -1.02.